The molecule has 0 radical (unpaired) electrons. The van der Waals surface area contributed by atoms with E-state index in [0.29, 0.717) is 0 Å². The first-order chi connectivity index (χ1) is 27.3. The van der Waals surface area contributed by atoms with Gasteiger partial charge in [-0.2, -0.15) is 0 Å². The molecule has 2 heteroatoms. The topological polar surface area (TPSA) is 16.4 Å². The maximum Gasteiger partial charge on any atom is 0.159 e. The molecule has 0 fully saturated rings. The molecule has 0 N–H and O–H groups in total. The molecule has 8 aromatic carbocycles. The van der Waals surface area contributed by atoms with E-state index in [4.69, 9.17) is 4.42 Å². The van der Waals surface area contributed by atoms with E-state index in [1.54, 1.807) is 0 Å². The van der Waals surface area contributed by atoms with Gasteiger partial charge < -0.3 is 9.32 Å². The van der Waals surface area contributed by atoms with Crippen molar-refractivity contribution in [3.63, 3.8) is 0 Å². The van der Waals surface area contributed by atoms with Gasteiger partial charge in [-0.05, 0) is 121 Å². The quantitative estimate of drug-likeness (QED) is 0.170. The molecule has 56 heavy (non-hydrogen) atoms. The standard InChI is InChI=1S/C54H43NO/c1-53(2)48-32-28-40(39-18-13-17-38(33-39)36-15-7-5-8-16-36)34-47(48)44-31-27-41(35-49(44)54(53,3)4)37-25-29-43(30-26-37)55(42-19-9-6-10-20-42)50-23-14-22-46-45-21-11-12-24-51(45)56-52(46)50/h5-35H,1-4H3. The number of hydrogen-bond donors (Lipinski definition) is 0. The normalized spacial score (nSPS) is 14.0. The molecule has 10 rings (SSSR count). The smallest absolute Gasteiger partial charge is 0.159 e. The molecule has 0 atom stereocenters. The Labute approximate surface area is 329 Å². The van der Waals surface area contributed by atoms with Crippen molar-refractivity contribution in [2.45, 2.75) is 38.5 Å². The van der Waals surface area contributed by atoms with Crippen molar-refractivity contribution >= 4 is 39.0 Å². The second-order valence-corrected chi connectivity index (χ2v) is 16.2. The first-order valence-electron chi connectivity index (χ1n) is 19.6. The summed E-state index contributed by atoms with van der Waals surface area (Å²) in [6.45, 7) is 9.64. The van der Waals surface area contributed by atoms with Gasteiger partial charge in [-0.1, -0.05) is 161 Å². The van der Waals surface area contributed by atoms with Crippen molar-refractivity contribution in [3.05, 3.63) is 199 Å². The molecular weight excluding hydrogens is 679 g/mol. The average Bonchev–Trinajstić information content (AvgIpc) is 3.63. The molecule has 1 aliphatic carbocycles. The van der Waals surface area contributed by atoms with Crippen molar-refractivity contribution in [2.75, 3.05) is 4.90 Å². The minimum absolute atomic E-state index is 0.0872. The molecule has 1 aliphatic rings. The van der Waals surface area contributed by atoms with Gasteiger partial charge in [-0.3, -0.25) is 0 Å². The molecule has 0 bridgehead atoms. The Kier molecular flexibility index (Phi) is 7.87. The van der Waals surface area contributed by atoms with Gasteiger partial charge >= 0.3 is 0 Å². The number of benzene rings is 8. The first-order valence-corrected chi connectivity index (χ1v) is 19.6. The van der Waals surface area contributed by atoms with E-state index in [-0.39, 0.29) is 10.8 Å². The second kappa shape index (κ2) is 13.0. The molecule has 1 aromatic heterocycles. The van der Waals surface area contributed by atoms with Crippen LogP contribution in [-0.2, 0) is 10.8 Å². The highest BCUT2D eigenvalue weighted by molar-refractivity contribution is 6.10. The van der Waals surface area contributed by atoms with Crippen LogP contribution >= 0.6 is 0 Å². The second-order valence-electron chi connectivity index (χ2n) is 16.2. The van der Waals surface area contributed by atoms with Crippen LogP contribution < -0.4 is 4.90 Å². The molecule has 0 unspecified atom stereocenters. The zero-order chi connectivity index (χ0) is 38.0. The van der Waals surface area contributed by atoms with Gasteiger partial charge in [0.1, 0.15) is 5.58 Å². The van der Waals surface area contributed by atoms with Crippen LogP contribution in [0.25, 0.3) is 66.4 Å². The van der Waals surface area contributed by atoms with E-state index in [0.717, 1.165) is 39.0 Å². The van der Waals surface area contributed by atoms with Crippen molar-refractivity contribution in [1.29, 1.82) is 0 Å². The van der Waals surface area contributed by atoms with Crippen LogP contribution in [0.15, 0.2) is 192 Å². The Morgan fingerprint density at radius 1 is 0.375 bits per heavy atom. The maximum atomic E-state index is 6.53. The largest absolute Gasteiger partial charge is 0.454 e. The molecule has 0 saturated carbocycles. The third-order valence-corrected chi connectivity index (χ3v) is 12.6. The summed E-state index contributed by atoms with van der Waals surface area (Å²) < 4.78 is 6.53. The summed E-state index contributed by atoms with van der Waals surface area (Å²) in [5, 5.41) is 2.24. The summed E-state index contributed by atoms with van der Waals surface area (Å²) in [6.07, 6.45) is 0. The van der Waals surface area contributed by atoms with Gasteiger partial charge in [-0.25, -0.2) is 0 Å². The summed E-state index contributed by atoms with van der Waals surface area (Å²) in [5.41, 5.74) is 17.5. The van der Waals surface area contributed by atoms with Gasteiger partial charge in [0, 0.05) is 22.1 Å². The van der Waals surface area contributed by atoms with Gasteiger partial charge in [0.05, 0.1) is 5.69 Å². The predicted octanol–water partition coefficient (Wildman–Crippen LogP) is 15.3. The van der Waals surface area contributed by atoms with Crippen molar-refractivity contribution < 1.29 is 4.42 Å². The van der Waals surface area contributed by atoms with E-state index in [2.05, 4.69) is 209 Å². The zero-order valence-corrected chi connectivity index (χ0v) is 32.3. The number of fused-ring (bicyclic) bond motifs is 6. The molecular formula is C54H43NO. The number of furan rings is 1. The monoisotopic (exact) mass is 721 g/mol. The Balaban J connectivity index is 1.04. The van der Waals surface area contributed by atoms with Crippen LogP contribution in [0.3, 0.4) is 0 Å². The van der Waals surface area contributed by atoms with E-state index in [1.807, 2.05) is 12.1 Å². The Morgan fingerprint density at radius 2 is 0.911 bits per heavy atom. The highest BCUT2D eigenvalue weighted by atomic mass is 16.3. The molecule has 1 heterocycles. The zero-order valence-electron chi connectivity index (χ0n) is 32.3. The lowest BCUT2D eigenvalue weighted by Gasteiger charge is -2.48. The van der Waals surface area contributed by atoms with Crippen LogP contribution in [0, 0.1) is 0 Å². The van der Waals surface area contributed by atoms with E-state index in [1.165, 1.54) is 55.6 Å². The number of hydrogen-bond acceptors (Lipinski definition) is 2. The Hall–Kier alpha value is -6.64. The van der Waals surface area contributed by atoms with Crippen LogP contribution in [0.4, 0.5) is 17.1 Å². The highest BCUT2D eigenvalue weighted by Gasteiger charge is 2.46. The lowest BCUT2D eigenvalue weighted by atomic mass is 9.55. The van der Waals surface area contributed by atoms with Gasteiger partial charge in [0.25, 0.3) is 0 Å². The minimum Gasteiger partial charge on any atom is -0.454 e. The minimum atomic E-state index is -0.102. The highest BCUT2D eigenvalue weighted by Crippen LogP contribution is 2.55. The lowest BCUT2D eigenvalue weighted by molar-refractivity contribution is 0.299. The SMILES string of the molecule is CC1(C)c2ccc(-c3cccc(-c4ccccc4)c3)cc2-c2ccc(-c3ccc(N(c4ccccc4)c4cccc5c4oc4ccccc45)cc3)cc2C1(C)C. The lowest BCUT2D eigenvalue weighted by Crippen LogP contribution is -2.43. The summed E-state index contributed by atoms with van der Waals surface area (Å²) in [4.78, 5) is 2.30. The fraction of sp³-hybridized carbons (Fsp3) is 0.111. The fourth-order valence-corrected chi connectivity index (χ4v) is 8.87. The van der Waals surface area contributed by atoms with E-state index in [9.17, 15) is 0 Å². The molecule has 9 aromatic rings. The molecule has 0 spiro atoms. The van der Waals surface area contributed by atoms with Crippen LogP contribution in [0.2, 0.25) is 0 Å². The third-order valence-electron chi connectivity index (χ3n) is 12.6. The van der Waals surface area contributed by atoms with Crippen LogP contribution in [0.1, 0.15) is 38.8 Å². The molecule has 0 amide bonds. The fourth-order valence-electron chi connectivity index (χ4n) is 8.87. The Morgan fingerprint density at radius 3 is 1.70 bits per heavy atom. The third kappa shape index (κ3) is 5.39. The van der Waals surface area contributed by atoms with Gasteiger partial charge in [-0.15, -0.1) is 0 Å². The average molecular weight is 722 g/mol. The van der Waals surface area contributed by atoms with Crippen molar-refractivity contribution in [1.82, 2.24) is 0 Å². The number of anilines is 3. The van der Waals surface area contributed by atoms with Crippen LogP contribution in [0.5, 0.6) is 0 Å². The summed E-state index contributed by atoms with van der Waals surface area (Å²) in [7, 11) is 0. The summed E-state index contributed by atoms with van der Waals surface area (Å²) in [6, 6.07) is 68.1. The van der Waals surface area contributed by atoms with Gasteiger partial charge in [0.2, 0.25) is 0 Å². The summed E-state index contributed by atoms with van der Waals surface area (Å²) in [5.74, 6) is 0. The van der Waals surface area contributed by atoms with Crippen molar-refractivity contribution in [3.8, 4) is 44.5 Å². The number of rotatable bonds is 6. The Bertz CT molecular complexity index is 2900. The predicted molar refractivity (Wildman–Crippen MR) is 236 cm³/mol. The van der Waals surface area contributed by atoms with Gasteiger partial charge in [0.15, 0.2) is 5.58 Å². The van der Waals surface area contributed by atoms with E-state index >= 15 is 0 Å². The number of nitrogens with zero attached hydrogens (tertiary/aromatic N) is 1. The first kappa shape index (κ1) is 33.9. The number of para-hydroxylation sites is 3. The van der Waals surface area contributed by atoms with Crippen LogP contribution in [-0.4, -0.2) is 0 Å². The molecule has 0 saturated heterocycles. The maximum absolute atomic E-state index is 6.53. The molecule has 2 nitrogen and oxygen atoms in total. The van der Waals surface area contributed by atoms with Crippen molar-refractivity contribution in [2.24, 2.45) is 0 Å². The molecule has 0 aliphatic heterocycles. The molecule has 270 valence electrons. The van der Waals surface area contributed by atoms with E-state index < -0.39 is 0 Å². The summed E-state index contributed by atoms with van der Waals surface area (Å²) >= 11 is 0.